The van der Waals surface area contributed by atoms with Crippen LogP contribution in [-0.4, -0.2) is 11.9 Å². The first kappa shape index (κ1) is 14.6. The van der Waals surface area contributed by atoms with Crippen molar-refractivity contribution in [3.8, 4) is 0 Å². The molecule has 3 rings (SSSR count). The van der Waals surface area contributed by atoms with Gasteiger partial charge >= 0.3 is 0 Å². The average Bonchev–Trinajstić information content (AvgIpc) is 2.88. The summed E-state index contributed by atoms with van der Waals surface area (Å²) in [6.07, 6.45) is 2.12. The largest absolute Gasteiger partial charge is 0.382 e. The van der Waals surface area contributed by atoms with Crippen molar-refractivity contribution in [3.05, 3.63) is 64.7 Å². The van der Waals surface area contributed by atoms with Gasteiger partial charge in [-0.2, -0.15) is 0 Å². The molecule has 0 bridgehead atoms. The number of anilines is 1. The number of nitrogens with one attached hydrogen (secondary N) is 2. The fraction of sp³-hybridized carbons (Fsp3) is 0.316. The molecule has 0 spiro atoms. The molecule has 1 aliphatic heterocycles. The number of carbonyl (C=O) groups excluding carboxylic acids is 1. The van der Waals surface area contributed by atoms with Gasteiger partial charge in [0.05, 0.1) is 0 Å². The van der Waals surface area contributed by atoms with Crippen molar-refractivity contribution in [3.63, 3.8) is 0 Å². The van der Waals surface area contributed by atoms with Crippen LogP contribution in [0.25, 0.3) is 0 Å². The van der Waals surface area contributed by atoms with E-state index >= 15 is 0 Å². The van der Waals surface area contributed by atoms with Gasteiger partial charge in [0, 0.05) is 29.4 Å². The smallest absolute Gasteiger partial charge is 0.251 e. The van der Waals surface area contributed by atoms with Gasteiger partial charge in [-0.1, -0.05) is 35.9 Å². The van der Waals surface area contributed by atoms with Crippen molar-refractivity contribution in [2.24, 2.45) is 0 Å². The Morgan fingerprint density at radius 1 is 1.23 bits per heavy atom. The van der Waals surface area contributed by atoms with Gasteiger partial charge < -0.3 is 10.6 Å². The number of rotatable bonds is 5. The van der Waals surface area contributed by atoms with Crippen LogP contribution in [0.1, 0.15) is 40.4 Å². The molecule has 3 heteroatoms. The van der Waals surface area contributed by atoms with Crippen LogP contribution in [0.4, 0.5) is 5.69 Å². The lowest BCUT2D eigenvalue weighted by Gasteiger charge is -2.17. The molecular weight excluding hydrogens is 272 g/mol. The van der Waals surface area contributed by atoms with E-state index in [1.165, 1.54) is 11.1 Å². The van der Waals surface area contributed by atoms with Gasteiger partial charge in [0.15, 0.2) is 0 Å². The molecule has 1 atom stereocenters. The van der Waals surface area contributed by atoms with E-state index < -0.39 is 0 Å². The second-order valence-electron chi connectivity index (χ2n) is 6.09. The Morgan fingerprint density at radius 2 is 2.05 bits per heavy atom. The van der Waals surface area contributed by atoms with Crippen molar-refractivity contribution in [2.75, 3.05) is 5.32 Å². The molecule has 0 saturated heterocycles. The molecular formula is C19H22N2O. The van der Waals surface area contributed by atoms with E-state index in [1.54, 1.807) is 0 Å². The van der Waals surface area contributed by atoms with Crippen molar-refractivity contribution >= 4 is 11.6 Å². The highest BCUT2D eigenvalue weighted by Crippen LogP contribution is 2.25. The Balaban J connectivity index is 1.63. The predicted octanol–water partition coefficient (Wildman–Crippen LogP) is 3.67. The van der Waals surface area contributed by atoms with E-state index in [0.29, 0.717) is 12.6 Å². The Bertz CT molecular complexity index is 694. The van der Waals surface area contributed by atoms with Crippen molar-refractivity contribution < 1.29 is 4.79 Å². The minimum atomic E-state index is 0.0334. The topological polar surface area (TPSA) is 41.1 Å². The summed E-state index contributed by atoms with van der Waals surface area (Å²) >= 11 is 0. The minimum Gasteiger partial charge on any atom is -0.382 e. The van der Waals surface area contributed by atoms with Crippen LogP contribution in [0.2, 0.25) is 0 Å². The van der Waals surface area contributed by atoms with Crippen LogP contribution < -0.4 is 10.6 Å². The zero-order chi connectivity index (χ0) is 15.5. The predicted molar refractivity (Wildman–Crippen MR) is 90.2 cm³/mol. The van der Waals surface area contributed by atoms with Gasteiger partial charge in [-0.25, -0.2) is 0 Å². The Morgan fingerprint density at radius 3 is 2.86 bits per heavy atom. The lowest BCUT2D eigenvalue weighted by atomic mass is 10.0. The van der Waals surface area contributed by atoms with E-state index in [4.69, 9.17) is 0 Å². The molecule has 1 amide bonds. The van der Waals surface area contributed by atoms with E-state index in [2.05, 4.69) is 54.8 Å². The van der Waals surface area contributed by atoms with E-state index in [9.17, 15) is 4.79 Å². The monoisotopic (exact) mass is 294 g/mol. The van der Waals surface area contributed by atoms with Gasteiger partial charge in [-0.05, 0) is 44.4 Å². The molecule has 0 fully saturated rings. The first-order chi connectivity index (χ1) is 10.6. The van der Waals surface area contributed by atoms with Crippen LogP contribution in [0, 0.1) is 6.92 Å². The highest BCUT2D eigenvalue weighted by molar-refractivity contribution is 6.00. The zero-order valence-electron chi connectivity index (χ0n) is 13.1. The van der Waals surface area contributed by atoms with Crippen LogP contribution in [-0.2, 0) is 13.0 Å². The van der Waals surface area contributed by atoms with Crippen molar-refractivity contribution in [2.45, 2.75) is 39.3 Å². The number of amides is 1. The maximum atomic E-state index is 11.7. The maximum Gasteiger partial charge on any atom is 0.251 e. The fourth-order valence-corrected chi connectivity index (χ4v) is 2.98. The molecule has 0 aromatic heterocycles. The summed E-state index contributed by atoms with van der Waals surface area (Å²) in [4.78, 5) is 11.7. The SMILES string of the molecule is Cc1cccc(CCC(C)Nc2cccc3c2CNC3=O)c1. The zero-order valence-corrected chi connectivity index (χ0v) is 13.1. The van der Waals surface area contributed by atoms with Crippen LogP contribution in [0.3, 0.4) is 0 Å². The normalized spacial score (nSPS) is 14.4. The lowest BCUT2D eigenvalue weighted by molar-refractivity contribution is 0.0966. The molecule has 2 aromatic carbocycles. The summed E-state index contributed by atoms with van der Waals surface area (Å²) in [6.45, 7) is 4.95. The molecule has 22 heavy (non-hydrogen) atoms. The number of hydrogen-bond donors (Lipinski definition) is 2. The molecule has 0 saturated carbocycles. The highest BCUT2D eigenvalue weighted by atomic mass is 16.1. The molecule has 1 unspecified atom stereocenters. The van der Waals surface area contributed by atoms with Gasteiger partial charge in [0.2, 0.25) is 0 Å². The molecule has 1 aliphatic rings. The molecule has 0 aliphatic carbocycles. The van der Waals surface area contributed by atoms with Gasteiger partial charge in [0.1, 0.15) is 0 Å². The number of fused-ring (bicyclic) bond motifs is 1. The number of benzene rings is 2. The Labute approximate surface area is 131 Å². The molecule has 1 heterocycles. The van der Waals surface area contributed by atoms with Gasteiger partial charge in [-0.3, -0.25) is 4.79 Å². The second-order valence-corrected chi connectivity index (χ2v) is 6.09. The summed E-state index contributed by atoms with van der Waals surface area (Å²) in [6, 6.07) is 14.9. The third-order valence-corrected chi connectivity index (χ3v) is 4.20. The number of aryl methyl sites for hydroxylation is 2. The van der Waals surface area contributed by atoms with Gasteiger partial charge in [-0.15, -0.1) is 0 Å². The summed E-state index contributed by atoms with van der Waals surface area (Å²) in [5.74, 6) is 0.0334. The third kappa shape index (κ3) is 3.14. The van der Waals surface area contributed by atoms with E-state index in [-0.39, 0.29) is 5.91 Å². The summed E-state index contributed by atoms with van der Waals surface area (Å²) < 4.78 is 0. The third-order valence-electron chi connectivity index (χ3n) is 4.20. The molecule has 2 N–H and O–H groups in total. The second kappa shape index (κ2) is 6.22. The van der Waals surface area contributed by atoms with Crippen LogP contribution in [0.15, 0.2) is 42.5 Å². The van der Waals surface area contributed by atoms with E-state index in [1.807, 2.05) is 12.1 Å². The highest BCUT2D eigenvalue weighted by Gasteiger charge is 2.21. The molecule has 114 valence electrons. The summed E-state index contributed by atoms with van der Waals surface area (Å²) in [5, 5.41) is 6.44. The first-order valence-electron chi connectivity index (χ1n) is 7.85. The average molecular weight is 294 g/mol. The lowest BCUT2D eigenvalue weighted by Crippen LogP contribution is -2.17. The summed E-state index contributed by atoms with van der Waals surface area (Å²) in [7, 11) is 0. The first-order valence-corrected chi connectivity index (χ1v) is 7.85. The molecule has 0 radical (unpaired) electrons. The quantitative estimate of drug-likeness (QED) is 0.883. The maximum absolute atomic E-state index is 11.7. The number of carbonyl (C=O) groups is 1. The minimum absolute atomic E-state index is 0.0334. The Hall–Kier alpha value is -2.29. The Kier molecular flexibility index (Phi) is 4.14. The van der Waals surface area contributed by atoms with Crippen LogP contribution >= 0.6 is 0 Å². The van der Waals surface area contributed by atoms with Gasteiger partial charge in [0.25, 0.3) is 5.91 Å². The van der Waals surface area contributed by atoms with Crippen molar-refractivity contribution in [1.82, 2.24) is 5.32 Å². The fourth-order valence-electron chi connectivity index (χ4n) is 2.98. The van der Waals surface area contributed by atoms with Crippen LogP contribution in [0.5, 0.6) is 0 Å². The van der Waals surface area contributed by atoms with E-state index in [0.717, 1.165) is 29.7 Å². The molecule has 2 aromatic rings. The summed E-state index contributed by atoms with van der Waals surface area (Å²) in [5.41, 5.74) is 5.66. The molecule has 3 nitrogen and oxygen atoms in total. The van der Waals surface area contributed by atoms with Crippen molar-refractivity contribution in [1.29, 1.82) is 0 Å². The number of hydrogen-bond acceptors (Lipinski definition) is 2. The standard InChI is InChI=1S/C19H22N2O/c1-13-5-3-6-15(11-13)10-9-14(2)21-18-8-4-7-16-17(18)12-20-19(16)22/h3-8,11,14,21H,9-10,12H2,1-2H3,(H,20,22).